The monoisotopic (exact) mass is 466 g/mol. The second-order valence-electron chi connectivity index (χ2n) is 8.42. The van der Waals surface area contributed by atoms with Crippen molar-refractivity contribution in [2.75, 3.05) is 13.2 Å². The Kier molecular flexibility index (Phi) is 25.7. The van der Waals surface area contributed by atoms with Crippen molar-refractivity contribution in [2.24, 2.45) is 0 Å². The van der Waals surface area contributed by atoms with Gasteiger partial charge in [0.1, 0.15) is 0 Å². The lowest BCUT2D eigenvalue weighted by molar-refractivity contribution is 0.321. The van der Waals surface area contributed by atoms with E-state index in [-0.39, 0.29) is 0 Å². The van der Waals surface area contributed by atoms with Crippen molar-refractivity contribution in [2.45, 2.75) is 142 Å². The molecule has 0 aliphatic rings. The topological polar surface area (TPSA) is 52.6 Å². The van der Waals surface area contributed by atoms with Gasteiger partial charge in [-0.15, -0.1) is 0 Å². The first-order valence-corrected chi connectivity index (χ1v) is 15.5. The van der Waals surface area contributed by atoms with E-state index in [1.165, 1.54) is 103 Å². The first-order chi connectivity index (χ1) is 14.7. The molecular weight excluding hydrogens is 416 g/mol. The molecule has 0 aromatic heterocycles. The Morgan fingerprint density at radius 1 is 0.400 bits per heavy atom. The van der Waals surface area contributed by atoms with Crippen molar-refractivity contribution in [1.29, 1.82) is 0 Å². The minimum Gasteiger partial charge on any atom is -0.279 e. The number of unbranched alkanes of at least 4 members (excludes halogenated alkanes) is 18. The Morgan fingerprint density at radius 3 is 0.900 bits per heavy atom. The van der Waals surface area contributed by atoms with Crippen molar-refractivity contribution >= 4 is 20.2 Å². The Bertz CT molecular complexity index is 355. The molecule has 0 amide bonds. The number of hydrogen-bond donors (Lipinski definition) is 0. The zero-order valence-corrected chi connectivity index (χ0v) is 21.6. The summed E-state index contributed by atoms with van der Waals surface area (Å²) < 4.78 is 33.9. The van der Waals surface area contributed by atoms with Gasteiger partial charge in [0, 0.05) is 0 Å². The normalized spacial score (nSPS) is 13.5. The Balaban J connectivity index is 3.32. The standard InChI is InChI=1S/C24H50O4S2/c1-3-5-7-9-11-13-15-17-19-21-23-27-29(25)30(26)28-24-22-20-18-16-14-12-10-8-6-4-2/h3-24H2,1-2H3. The molecule has 0 radical (unpaired) electrons. The van der Waals surface area contributed by atoms with Gasteiger partial charge in [-0.05, 0) is 12.8 Å². The van der Waals surface area contributed by atoms with Crippen LogP contribution in [0.3, 0.4) is 0 Å². The molecule has 4 nitrogen and oxygen atoms in total. The number of rotatable bonds is 25. The summed E-state index contributed by atoms with van der Waals surface area (Å²) in [5.41, 5.74) is 0. The lowest BCUT2D eigenvalue weighted by Gasteiger charge is -2.05. The van der Waals surface area contributed by atoms with Gasteiger partial charge in [0.2, 0.25) is 0 Å². The molecular formula is C24H50O4S2. The van der Waals surface area contributed by atoms with Crippen LogP contribution in [-0.4, -0.2) is 21.6 Å². The molecule has 0 saturated carbocycles. The molecule has 2 unspecified atom stereocenters. The molecule has 0 aliphatic heterocycles. The SMILES string of the molecule is CCCCCCCCCCCCOS(=O)S(=O)OCCCCCCCCCCCC. The Hall–Kier alpha value is 0.220. The predicted octanol–water partition coefficient (Wildman–Crippen LogP) is 8.10. The summed E-state index contributed by atoms with van der Waals surface area (Å²) in [6, 6.07) is 0. The van der Waals surface area contributed by atoms with E-state index in [1.807, 2.05) is 0 Å². The summed E-state index contributed by atoms with van der Waals surface area (Å²) in [6.45, 7) is 5.29. The smallest absolute Gasteiger partial charge is 0.277 e. The average Bonchev–Trinajstić information content (AvgIpc) is 2.75. The van der Waals surface area contributed by atoms with E-state index in [9.17, 15) is 8.42 Å². The Morgan fingerprint density at radius 2 is 0.633 bits per heavy atom. The molecule has 0 aliphatic carbocycles. The molecule has 0 bridgehead atoms. The van der Waals surface area contributed by atoms with Crippen molar-refractivity contribution in [3.8, 4) is 0 Å². The van der Waals surface area contributed by atoms with Crippen LogP contribution in [0.1, 0.15) is 142 Å². The summed E-state index contributed by atoms with van der Waals surface area (Å²) >= 11 is 0. The number of hydrogen-bond acceptors (Lipinski definition) is 4. The van der Waals surface area contributed by atoms with Gasteiger partial charge in [0.25, 0.3) is 20.2 Å². The molecule has 0 aromatic rings. The summed E-state index contributed by atoms with van der Waals surface area (Å²) in [7, 11) is -3.69. The van der Waals surface area contributed by atoms with Gasteiger partial charge >= 0.3 is 0 Å². The molecule has 0 aromatic carbocycles. The minimum atomic E-state index is -1.84. The molecule has 0 fully saturated rings. The van der Waals surface area contributed by atoms with Crippen LogP contribution in [0.15, 0.2) is 0 Å². The van der Waals surface area contributed by atoms with Gasteiger partial charge in [-0.2, -0.15) is 0 Å². The fourth-order valence-corrected chi connectivity index (χ4v) is 5.06. The molecule has 6 heteroatoms. The summed E-state index contributed by atoms with van der Waals surface area (Å²) in [6.07, 6.45) is 24.9. The third-order valence-electron chi connectivity index (χ3n) is 5.47. The fourth-order valence-electron chi connectivity index (χ4n) is 3.51. The molecule has 0 N–H and O–H groups in total. The predicted molar refractivity (Wildman–Crippen MR) is 132 cm³/mol. The highest BCUT2D eigenvalue weighted by Crippen LogP contribution is 2.12. The maximum absolute atomic E-state index is 11.8. The molecule has 0 heterocycles. The van der Waals surface area contributed by atoms with E-state index in [1.54, 1.807) is 0 Å². The zero-order chi connectivity index (χ0) is 22.1. The second-order valence-corrected chi connectivity index (χ2v) is 11.3. The molecule has 0 saturated heterocycles. The van der Waals surface area contributed by atoms with E-state index in [2.05, 4.69) is 13.8 Å². The van der Waals surface area contributed by atoms with E-state index in [0.29, 0.717) is 13.2 Å². The first-order valence-electron chi connectivity index (χ1n) is 12.8. The highest BCUT2D eigenvalue weighted by Gasteiger charge is 2.11. The fraction of sp³-hybridized carbons (Fsp3) is 1.00. The van der Waals surface area contributed by atoms with Gasteiger partial charge in [-0.1, -0.05) is 129 Å². The van der Waals surface area contributed by atoms with Gasteiger partial charge in [-0.3, -0.25) is 8.37 Å². The van der Waals surface area contributed by atoms with Crippen molar-refractivity contribution in [1.82, 2.24) is 0 Å². The first kappa shape index (κ1) is 30.2. The highest BCUT2D eigenvalue weighted by molar-refractivity contribution is 8.57. The molecule has 182 valence electrons. The van der Waals surface area contributed by atoms with E-state index in [4.69, 9.17) is 8.37 Å². The largest absolute Gasteiger partial charge is 0.279 e. The van der Waals surface area contributed by atoms with Gasteiger partial charge in [0.05, 0.1) is 13.2 Å². The van der Waals surface area contributed by atoms with Crippen LogP contribution in [0.25, 0.3) is 0 Å². The van der Waals surface area contributed by atoms with Crippen LogP contribution in [-0.2, 0) is 28.6 Å². The van der Waals surface area contributed by atoms with Crippen LogP contribution in [0, 0.1) is 0 Å². The van der Waals surface area contributed by atoms with Crippen LogP contribution in [0.2, 0.25) is 0 Å². The highest BCUT2D eigenvalue weighted by atomic mass is 33.2. The third-order valence-corrected chi connectivity index (χ3v) is 7.65. The van der Waals surface area contributed by atoms with Gasteiger partial charge < -0.3 is 0 Å². The molecule has 2 atom stereocenters. The van der Waals surface area contributed by atoms with Crippen molar-refractivity contribution < 1.29 is 16.8 Å². The van der Waals surface area contributed by atoms with Crippen LogP contribution < -0.4 is 0 Å². The quantitative estimate of drug-likeness (QED) is 0.101. The van der Waals surface area contributed by atoms with Gasteiger partial charge in [0.15, 0.2) is 0 Å². The van der Waals surface area contributed by atoms with Crippen LogP contribution >= 0.6 is 0 Å². The maximum atomic E-state index is 11.8. The van der Waals surface area contributed by atoms with Crippen molar-refractivity contribution in [3.63, 3.8) is 0 Å². The summed E-state index contributed by atoms with van der Waals surface area (Å²) in [4.78, 5) is 0. The zero-order valence-electron chi connectivity index (χ0n) is 20.0. The average molecular weight is 467 g/mol. The third kappa shape index (κ3) is 22.9. The summed E-state index contributed by atoms with van der Waals surface area (Å²) in [5, 5.41) is 0. The van der Waals surface area contributed by atoms with E-state index < -0.39 is 20.2 Å². The molecule has 0 spiro atoms. The lowest BCUT2D eigenvalue weighted by atomic mass is 10.1. The van der Waals surface area contributed by atoms with E-state index >= 15 is 0 Å². The molecule has 30 heavy (non-hydrogen) atoms. The maximum Gasteiger partial charge on any atom is 0.277 e. The lowest BCUT2D eigenvalue weighted by Crippen LogP contribution is -2.09. The van der Waals surface area contributed by atoms with Crippen molar-refractivity contribution in [3.05, 3.63) is 0 Å². The van der Waals surface area contributed by atoms with Crippen LogP contribution in [0.4, 0.5) is 0 Å². The summed E-state index contributed by atoms with van der Waals surface area (Å²) in [5.74, 6) is 0. The molecule has 0 rings (SSSR count). The minimum absolute atomic E-state index is 0.399. The van der Waals surface area contributed by atoms with Gasteiger partial charge in [-0.25, -0.2) is 8.42 Å². The van der Waals surface area contributed by atoms with E-state index in [0.717, 1.165) is 25.7 Å². The Labute approximate surface area is 192 Å². The second kappa shape index (κ2) is 25.5. The van der Waals surface area contributed by atoms with Crippen LogP contribution in [0.5, 0.6) is 0 Å².